The molecule has 0 unspecified atom stereocenters. The molecule has 0 radical (unpaired) electrons. The molecule has 0 N–H and O–H groups in total. The number of carbonyl (C=O) groups is 2. The third-order valence-electron chi connectivity index (χ3n) is 6.13. The summed E-state index contributed by atoms with van der Waals surface area (Å²) in [6.45, 7) is 5.50. The minimum Gasteiger partial charge on any atom is -0.493 e. The molecule has 3 rings (SSSR count). The zero-order valence-electron chi connectivity index (χ0n) is 22.3. The second-order valence-electron chi connectivity index (χ2n) is 9.49. The lowest BCUT2D eigenvalue weighted by atomic mass is 10.1. The molecule has 198 valence electrons. The Morgan fingerprint density at radius 1 is 0.838 bits per heavy atom. The summed E-state index contributed by atoms with van der Waals surface area (Å²) in [5, 5.41) is 0. The Morgan fingerprint density at radius 3 is 2.24 bits per heavy atom. The first-order chi connectivity index (χ1) is 17.9. The van der Waals surface area contributed by atoms with Gasteiger partial charge in [-0.25, -0.2) is 0 Å². The van der Waals surface area contributed by atoms with Gasteiger partial charge in [0, 0.05) is 19.5 Å². The molecular weight excluding hydrogens is 468 g/mol. The van der Waals surface area contributed by atoms with Gasteiger partial charge in [0.15, 0.2) is 11.5 Å². The van der Waals surface area contributed by atoms with Crippen molar-refractivity contribution in [3.8, 4) is 11.5 Å². The number of furan rings is 1. The van der Waals surface area contributed by atoms with Gasteiger partial charge in [0.05, 0.1) is 33.6 Å². The van der Waals surface area contributed by atoms with Crippen LogP contribution in [0.5, 0.6) is 11.5 Å². The van der Waals surface area contributed by atoms with Gasteiger partial charge in [0.2, 0.25) is 11.8 Å². The summed E-state index contributed by atoms with van der Waals surface area (Å²) in [5.74, 6) is 2.14. The highest BCUT2D eigenvalue weighted by atomic mass is 16.5. The van der Waals surface area contributed by atoms with Crippen LogP contribution in [0.2, 0.25) is 0 Å². The average Bonchev–Trinajstić information content (AvgIpc) is 3.42. The Bertz CT molecular complexity index is 1110. The van der Waals surface area contributed by atoms with E-state index in [1.54, 1.807) is 30.3 Å². The SMILES string of the molecule is COc1ccc(CCN(Cc2ccco2)C(=O)CN(CC(C)C)C(=O)CCc2ccccc2)cc1OC. The van der Waals surface area contributed by atoms with Gasteiger partial charge in [-0.2, -0.15) is 0 Å². The monoisotopic (exact) mass is 506 g/mol. The molecule has 2 amide bonds. The van der Waals surface area contributed by atoms with Gasteiger partial charge >= 0.3 is 0 Å². The number of hydrogen-bond acceptors (Lipinski definition) is 5. The van der Waals surface area contributed by atoms with Gasteiger partial charge in [-0.1, -0.05) is 50.2 Å². The summed E-state index contributed by atoms with van der Waals surface area (Å²) in [6, 6.07) is 19.4. The van der Waals surface area contributed by atoms with Crippen molar-refractivity contribution in [3.05, 3.63) is 83.8 Å². The first kappa shape index (κ1) is 27.8. The molecule has 0 aliphatic heterocycles. The van der Waals surface area contributed by atoms with Crippen molar-refractivity contribution in [3.63, 3.8) is 0 Å². The number of benzene rings is 2. The van der Waals surface area contributed by atoms with Gasteiger partial charge < -0.3 is 23.7 Å². The van der Waals surface area contributed by atoms with Crippen LogP contribution in [0.3, 0.4) is 0 Å². The van der Waals surface area contributed by atoms with E-state index in [1.165, 1.54) is 0 Å². The van der Waals surface area contributed by atoms with Crippen molar-refractivity contribution < 1.29 is 23.5 Å². The van der Waals surface area contributed by atoms with Gasteiger partial charge in [0.1, 0.15) is 5.76 Å². The molecule has 0 atom stereocenters. The van der Waals surface area contributed by atoms with Crippen LogP contribution in [-0.2, 0) is 29.0 Å². The van der Waals surface area contributed by atoms with Gasteiger partial charge in [-0.15, -0.1) is 0 Å². The predicted octanol–water partition coefficient (Wildman–Crippen LogP) is 4.99. The molecule has 2 aromatic carbocycles. The minimum atomic E-state index is -0.106. The first-order valence-electron chi connectivity index (χ1n) is 12.7. The summed E-state index contributed by atoms with van der Waals surface area (Å²) in [4.78, 5) is 30.1. The van der Waals surface area contributed by atoms with Crippen LogP contribution in [0.15, 0.2) is 71.3 Å². The van der Waals surface area contributed by atoms with E-state index >= 15 is 0 Å². The summed E-state index contributed by atoms with van der Waals surface area (Å²) in [5.41, 5.74) is 2.13. The molecule has 0 saturated heterocycles. The molecule has 7 nitrogen and oxygen atoms in total. The second-order valence-corrected chi connectivity index (χ2v) is 9.49. The first-order valence-corrected chi connectivity index (χ1v) is 12.7. The normalized spacial score (nSPS) is 10.8. The van der Waals surface area contributed by atoms with E-state index in [2.05, 4.69) is 13.8 Å². The Hall–Kier alpha value is -3.74. The second kappa shape index (κ2) is 14.1. The van der Waals surface area contributed by atoms with E-state index in [0.717, 1.165) is 11.1 Å². The van der Waals surface area contributed by atoms with E-state index in [9.17, 15) is 9.59 Å². The smallest absolute Gasteiger partial charge is 0.242 e. The number of rotatable bonds is 14. The number of amides is 2. The van der Waals surface area contributed by atoms with Gasteiger partial charge in [0.25, 0.3) is 0 Å². The number of hydrogen-bond donors (Lipinski definition) is 0. The predicted molar refractivity (Wildman–Crippen MR) is 144 cm³/mol. The topological polar surface area (TPSA) is 72.2 Å². The number of carbonyl (C=O) groups excluding carboxylic acids is 2. The quantitative estimate of drug-likeness (QED) is 0.308. The fraction of sp³-hybridized carbons (Fsp3) is 0.400. The highest BCUT2D eigenvalue weighted by Crippen LogP contribution is 2.27. The van der Waals surface area contributed by atoms with Crippen LogP contribution >= 0.6 is 0 Å². The van der Waals surface area contributed by atoms with Crippen LogP contribution in [0.25, 0.3) is 0 Å². The molecule has 3 aromatic rings. The standard InChI is InChI=1S/C30H38N2O5/c1-23(2)20-32(29(33)15-13-24-9-6-5-7-10-24)22-30(34)31(21-26-11-8-18-37-26)17-16-25-12-14-27(35-3)28(19-25)36-4/h5-12,14,18-19,23H,13,15-17,20-22H2,1-4H3. The molecule has 0 aliphatic carbocycles. The average molecular weight is 507 g/mol. The van der Waals surface area contributed by atoms with Gasteiger partial charge in [-0.3, -0.25) is 9.59 Å². The number of ether oxygens (including phenoxy) is 2. The molecule has 1 aromatic heterocycles. The highest BCUT2D eigenvalue weighted by molar-refractivity contribution is 5.85. The molecule has 1 heterocycles. The Morgan fingerprint density at radius 2 is 1.59 bits per heavy atom. The molecule has 37 heavy (non-hydrogen) atoms. The van der Waals surface area contributed by atoms with Crippen LogP contribution in [0.1, 0.15) is 37.2 Å². The van der Waals surface area contributed by atoms with Crippen LogP contribution in [0.4, 0.5) is 0 Å². The van der Waals surface area contributed by atoms with Crippen molar-refractivity contribution in [1.29, 1.82) is 0 Å². The lowest BCUT2D eigenvalue weighted by Gasteiger charge is -2.28. The molecule has 0 spiro atoms. The van der Waals surface area contributed by atoms with Crippen molar-refractivity contribution in [2.24, 2.45) is 5.92 Å². The summed E-state index contributed by atoms with van der Waals surface area (Å²) in [7, 11) is 3.21. The third kappa shape index (κ3) is 8.70. The third-order valence-corrected chi connectivity index (χ3v) is 6.13. The zero-order valence-corrected chi connectivity index (χ0v) is 22.3. The maximum atomic E-state index is 13.5. The fourth-order valence-electron chi connectivity index (χ4n) is 4.20. The van der Waals surface area contributed by atoms with Crippen LogP contribution < -0.4 is 9.47 Å². The Balaban J connectivity index is 1.70. The summed E-state index contributed by atoms with van der Waals surface area (Å²) < 4.78 is 16.3. The van der Waals surface area contributed by atoms with Crippen molar-refractivity contribution in [2.45, 2.75) is 39.7 Å². The van der Waals surface area contributed by atoms with E-state index < -0.39 is 0 Å². The van der Waals surface area contributed by atoms with E-state index in [0.29, 0.717) is 56.2 Å². The highest BCUT2D eigenvalue weighted by Gasteiger charge is 2.23. The van der Waals surface area contributed by atoms with Crippen LogP contribution in [-0.4, -0.2) is 55.5 Å². The number of aryl methyl sites for hydroxylation is 1. The lowest BCUT2D eigenvalue weighted by molar-refractivity contribution is -0.141. The molecule has 0 aliphatic rings. The largest absolute Gasteiger partial charge is 0.493 e. The number of methoxy groups -OCH3 is 2. The van der Waals surface area contributed by atoms with Gasteiger partial charge in [-0.05, 0) is 54.2 Å². The Kier molecular flexibility index (Phi) is 10.6. The molecule has 0 bridgehead atoms. The van der Waals surface area contributed by atoms with Crippen molar-refractivity contribution >= 4 is 11.8 Å². The van der Waals surface area contributed by atoms with E-state index in [-0.39, 0.29) is 24.3 Å². The molecule has 0 saturated carbocycles. The minimum absolute atomic E-state index is 0.0104. The fourth-order valence-corrected chi connectivity index (χ4v) is 4.20. The van der Waals surface area contributed by atoms with Crippen LogP contribution in [0, 0.1) is 5.92 Å². The van der Waals surface area contributed by atoms with E-state index in [4.69, 9.17) is 13.9 Å². The van der Waals surface area contributed by atoms with Crippen molar-refractivity contribution in [2.75, 3.05) is 33.9 Å². The Labute approximate surface area is 220 Å². The van der Waals surface area contributed by atoms with E-state index in [1.807, 2.05) is 60.7 Å². The maximum absolute atomic E-state index is 13.5. The molecular formula is C30H38N2O5. The zero-order chi connectivity index (χ0) is 26.6. The molecule has 7 heteroatoms. The molecule has 0 fully saturated rings. The maximum Gasteiger partial charge on any atom is 0.242 e. The summed E-state index contributed by atoms with van der Waals surface area (Å²) >= 11 is 0. The summed E-state index contributed by atoms with van der Waals surface area (Å²) in [6.07, 6.45) is 3.25. The lowest BCUT2D eigenvalue weighted by Crippen LogP contribution is -2.44. The van der Waals surface area contributed by atoms with Crippen molar-refractivity contribution in [1.82, 2.24) is 9.80 Å². The number of nitrogens with zero attached hydrogens (tertiary/aromatic N) is 2.